The summed E-state index contributed by atoms with van der Waals surface area (Å²) in [6.45, 7) is 6.71. The molecule has 0 aliphatic carbocycles. The molecule has 7 heteroatoms. The Bertz CT molecular complexity index is 813. The lowest BCUT2D eigenvalue weighted by atomic mass is 10.1. The summed E-state index contributed by atoms with van der Waals surface area (Å²) in [6, 6.07) is 7.63. The third-order valence-electron chi connectivity index (χ3n) is 4.18. The molecule has 1 saturated heterocycles. The molecule has 0 saturated carbocycles. The second kappa shape index (κ2) is 6.82. The molecule has 2 heterocycles. The lowest BCUT2D eigenvalue weighted by molar-refractivity contribution is 0.339. The Morgan fingerprint density at radius 3 is 2.58 bits per heavy atom. The summed E-state index contributed by atoms with van der Waals surface area (Å²) in [4.78, 5) is 4.27. The van der Waals surface area contributed by atoms with Crippen molar-refractivity contribution in [1.29, 1.82) is 0 Å². The van der Waals surface area contributed by atoms with Crippen molar-refractivity contribution >= 4 is 21.4 Å². The average molecular weight is 367 g/mol. The Morgan fingerprint density at radius 2 is 2.00 bits per heavy atom. The van der Waals surface area contributed by atoms with Crippen LogP contribution in [0.25, 0.3) is 0 Å². The molecular formula is C17H22N2O3S2. The number of sulfonamides is 1. The highest BCUT2D eigenvalue weighted by molar-refractivity contribution is 7.91. The Kier molecular flexibility index (Phi) is 4.94. The summed E-state index contributed by atoms with van der Waals surface area (Å²) < 4.78 is 33.7. The Labute approximate surface area is 147 Å². The van der Waals surface area contributed by atoms with Gasteiger partial charge >= 0.3 is 0 Å². The first-order chi connectivity index (χ1) is 11.4. The second-order valence-corrected chi connectivity index (χ2v) is 9.17. The standard InChI is InChI=1S/C17H22N2O3S2/c1-4-22-15-9-7-14(8-10-15)16-6-5-11-19(16)24(20,21)17-12(2)18-13(3)23-17/h7-10,16H,4-6,11H2,1-3H3. The molecule has 1 atom stereocenters. The maximum atomic E-state index is 13.1. The molecule has 2 aromatic rings. The average Bonchev–Trinajstić information content (AvgIpc) is 3.15. The number of hydrogen-bond donors (Lipinski definition) is 0. The number of aromatic nitrogens is 1. The van der Waals surface area contributed by atoms with Gasteiger partial charge in [-0.2, -0.15) is 4.31 Å². The maximum absolute atomic E-state index is 13.1. The first-order valence-corrected chi connectivity index (χ1v) is 10.4. The first-order valence-electron chi connectivity index (χ1n) is 8.12. The predicted molar refractivity (Wildman–Crippen MR) is 95.1 cm³/mol. The zero-order chi connectivity index (χ0) is 17.3. The molecular weight excluding hydrogens is 344 g/mol. The zero-order valence-corrected chi connectivity index (χ0v) is 15.8. The van der Waals surface area contributed by atoms with Crippen LogP contribution < -0.4 is 4.74 Å². The molecule has 1 unspecified atom stereocenters. The van der Waals surface area contributed by atoms with Crippen molar-refractivity contribution in [3.05, 3.63) is 40.5 Å². The molecule has 24 heavy (non-hydrogen) atoms. The summed E-state index contributed by atoms with van der Waals surface area (Å²) in [5.41, 5.74) is 1.60. The summed E-state index contributed by atoms with van der Waals surface area (Å²) >= 11 is 1.25. The second-order valence-electron chi connectivity index (χ2n) is 5.88. The third-order valence-corrected chi connectivity index (χ3v) is 7.75. The van der Waals surface area contributed by atoms with E-state index in [-0.39, 0.29) is 6.04 Å². The molecule has 1 aliphatic heterocycles. The summed E-state index contributed by atoms with van der Waals surface area (Å²) in [5, 5.41) is 0.780. The molecule has 1 aromatic carbocycles. The number of nitrogens with zero attached hydrogens (tertiary/aromatic N) is 2. The van der Waals surface area contributed by atoms with Gasteiger partial charge in [-0.15, -0.1) is 11.3 Å². The van der Waals surface area contributed by atoms with Gasteiger partial charge in [-0.25, -0.2) is 13.4 Å². The number of thiazole rings is 1. The minimum atomic E-state index is -3.51. The highest BCUT2D eigenvalue weighted by Crippen LogP contribution is 2.39. The van der Waals surface area contributed by atoms with Crippen LogP contribution in [0.5, 0.6) is 5.75 Å². The SMILES string of the molecule is CCOc1ccc(C2CCCN2S(=O)(=O)c2sc(C)nc2C)cc1. The van der Waals surface area contributed by atoms with Crippen molar-refractivity contribution in [1.82, 2.24) is 9.29 Å². The molecule has 130 valence electrons. The highest BCUT2D eigenvalue weighted by Gasteiger charge is 2.38. The number of aryl methyl sites for hydroxylation is 2. The molecule has 1 aliphatic rings. The zero-order valence-electron chi connectivity index (χ0n) is 14.2. The van der Waals surface area contributed by atoms with Crippen LogP contribution in [-0.2, 0) is 10.0 Å². The fourth-order valence-corrected chi connectivity index (χ4v) is 6.45. The molecule has 0 bridgehead atoms. The van der Waals surface area contributed by atoms with Gasteiger partial charge < -0.3 is 4.74 Å². The van der Waals surface area contributed by atoms with E-state index in [9.17, 15) is 8.42 Å². The van der Waals surface area contributed by atoms with Crippen molar-refractivity contribution in [2.45, 2.75) is 43.9 Å². The van der Waals surface area contributed by atoms with Gasteiger partial charge in [-0.05, 0) is 51.3 Å². The molecule has 1 fully saturated rings. The van der Waals surface area contributed by atoms with Gasteiger partial charge in [0, 0.05) is 6.54 Å². The van der Waals surface area contributed by atoms with Crippen LogP contribution in [0.15, 0.2) is 28.5 Å². The van der Waals surface area contributed by atoms with Crippen LogP contribution in [0.4, 0.5) is 0 Å². The van der Waals surface area contributed by atoms with Crippen molar-refractivity contribution in [3.8, 4) is 5.75 Å². The van der Waals surface area contributed by atoms with Gasteiger partial charge in [0.2, 0.25) is 0 Å². The van der Waals surface area contributed by atoms with Crippen LogP contribution in [0.2, 0.25) is 0 Å². The van der Waals surface area contributed by atoms with Gasteiger partial charge in [0.25, 0.3) is 10.0 Å². The van der Waals surface area contributed by atoms with Gasteiger partial charge in [-0.1, -0.05) is 12.1 Å². The molecule has 3 rings (SSSR count). The summed E-state index contributed by atoms with van der Waals surface area (Å²) in [7, 11) is -3.51. The van der Waals surface area contributed by atoms with Crippen LogP contribution >= 0.6 is 11.3 Å². The van der Waals surface area contributed by atoms with Crippen molar-refractivity contribution in [2.75, 3.05) is 13.2 Å². The molecule has 0 spiro atoms. The minimum absolute atomic E-state index is 0.118. The fourth-order valence-electron chi connectivity index (χ4n) is 3.17. The van der Waals surface area contributed by atoms with Crippen molar-refractivity contribution in [3.63, 3.8) is 0 Å². The molecule has 5 nitrogen and oxygen atoms in total. The number of benzene rings is 1. The topological polar surface area (TPSA) is 59.5 Å². The number of rotatable bonds is 5. The number of ether oxygens (including phenoxy) is 1. The first kappa shape index (κ1) is 17.4. The maximum Gasteiger partial charge on any atom is 0.255 e. The minimum Gasteiger partial charge on any atom is -0.494 e. The molecule has 0 radical (unpaired) electrons. The fraction of sp³-hybridized carbons (Fsp3) is 0.471. The van der Waals surface area contributed by atoms with Crippen LogP contribution in [0.1, 0.15) is 42.1 Å². The van der Waals surface area contributed by atoms with E-state index in [0.717, 1.165) is 29.2 Å². The van der Waals surface area contributed by atoms with Crippen molar-refractivity contribution < 1.29 is 13.2 Å². The van der Waals surface area contributed by atoms with Crippen LogP contribution in [-0.4, -0.2) is 30.9 Å². The van der Waals surface area contributed by atoms with E-state index in [1.54, 1.807) is 11.2 Å². The molecule has 0 N–H and O–H groups in total. The van der Waals surface area contributed by atoms with E-state index in [1.165, 1.54) is 11.3 Å². The largest absolute Gasteiger partial charge is 0.494 e. The molecule has 1 aromatic heterocycles. The quantitative estimate of drug-likeness (QED) is 0.810. The van der Waals surface area contributed by atoms with E-state index in [1.807, 2.05) is 38.1 Å². The highest BCUT2D eigenvalue weighted by atomic mass is 32.2. The number of hydrogen-bond acceptors (Lipinski definition) is 5. The monoisotopic (exact) mass is 366 g/mol. The van der Waals surface area contributed by atoms with Gasteiger partial charge in [0.1, 0.15) is 5.75 Å². The van der Waals surface area contributed by atoms with E-state index >= 15 is 0 Å². The Morgan fingerprint density at radius 1 is 1.29 bits per heavy atom. The lowest BCUT2D eigenvalue weighted by Crippen LogP contribution is -2.30. The van der Waals surface area contributed by atoms with E-state index < -0.39 is 10.0 Å². The van der Waals surface area contributed by atoms with E-state index in [4.69, 9.17) is 4.74 Å². The Hall–Kier alpha value is -1.44. The van der Waals surface area contributed by atoms with Gasteiger partial charge in [-0.3, -0.25) is 0 Å². The summed E-state index contributed by atoms with van der Waals surface area (Å²) in [6.07, 6.45) is 1.71. The van der Waals surface area contributed by atoms with Gasteiger partial charge in [0.15, 0.2) is 4.21 Å². The van der Waals surface area contributed by atoms with Gasteiger partial charge in [0.05, 0.1) is 23.4 Å². The van der Waals surface area contributed by atoms with E-state index in [2.05, 4.69) is 4.98 Å². The van der Waals surface area contributed by atoms with E-state index in [0.29, 0.717) is 23.1 Å². The van der Waals surface area contributed by atoms with Crippen LogP contribution in [0.3, 0.4) is 0 Å². The smallest absolute Gasteiger partial charge is 0.255 e. The normalized spacial score (nSPS) is 18.9. The molecule has 0 amide bonds. The Balaban J connectivity index is 1.91. The third kappa shape index (κ3) is 3.20. The predicted octanol–water partition coefficient (Wildman–Crippen LogP) is 3.68. The van der Waals surface area contributed by atoms with Crippen LogP contribution in [0, 0.1) is 13.8 Å². The summed E-state index contributed by atoms with van der Waals surface area (Å²) in [5.74, 6) is 0.808. The van der Waals surface area contributed by atoms with Crippen molar-refractivity contribution in [2.24, 2.45) is 0 Å². The lowest BCUT2D eigenvalue weighted by Gasteiger charge is -2.24.